The van der Waals surface area contributed by atoms with Crippen molar-refractivity contribution in [2.75, 3.05) is 6.61 Å². The van der Waals surface area contributed by atoms with E-state index < -0.39 is 0 Å². The maximum atomic E-state index is 11.2. The number of esters is 1. The first-order valence-electron chi connectivity index (χ1n) is 4.92. The van der Waals surface area contributed by atoms with Gasteiger partial charge in [-0.25, -0.2) is 0 Å². The number of ether oxygens (including phenoxy) is 1. The smallest absolute Gasteiger partial charge is 0.308 e. The Balaban J connectivity index is 3.57. The van der Waals surface area contributed by atoms with Crippen LogP contribution in [0.25, 0.3) is 0 Å². The van der Waals surface area contributed by atoms with Crippen LogP contribution >= 0.6 is 0 Å². The van der Waals surface area contributed by atoms with Crippen molar-refractivity contribution in [3.63, 3.8) is 0 Å². The highest BCUT2D eigenvalue weighted by Gasteiger charge is 2.14. The molecule has 0 aliphatic rings. The zero-order chi connectivity index (χ0) is 10.3. The van der Waals surface area contributed by atoms with Gasteiger partial charge in [0.2, 0.25) is 0 Å². The Morgan fingerprint density at radius 2 is 2.00 bits per heavy atom. The molecule has 2 unspecified atom stereocenters. The summed E-state index contributed by atoms with van der Waals surface area (Å²) in [4.78, 5) is 11.2. The molecule has 0 aliphatic heterocycles. The van der Waals surface area contributed by atoms with Gasteiger partial charge < -0.3 is 9.84 Å². The average Bonchev–Trinajstić information content (AvgIpc) is 2.10. The lowest BCUT2D eigenvalue weighted by Gasteiger charge is -2.11. The Morgan fingerprint density at radius 1 is 1.38 bits per heavy atom. The highest BCUT2D eigenvalue weighted by Crippen LogP contribution is 2.09. The van der Waals surface area contributed by atoms with E-state index in [4.69, 9.17) is 9.84 Å². The molecule has 0 heterocycles. The molecule has 1 N–H and O–H groups in total. The van der Waals surface area contributed by atoms with Gasteiger partial charge in [0.05, 0.1) is 18.6 Å². The SMILES string of the molecule is CCCOC(=O)C(C)CCC(C)O. The Labute approximate surface area is 80.1 Å². The normalized spacial score (nSPS) is 15.1. The van der Waals surface area contributed by atoms with Crippen molar-refractivity contribution >= 4 is 5.97 Å². The van der Waals surface area contributed by atoms with Crippen LogP contribution in [-0.2, 0) is 9.53 Å². The maximum Gasteiger partial charge on any atom is 0.308 e. The standard InChI is InChI=1S/C10H20O3/c1-4-7-13-10(12)8(2)5-6-9(3)11/h8-9,11H,4-7H2,1-3H3. The minimum absolute atomic E-state index is 0.0962. The number of rotatable bonds is 6. The molecular formula is C10H20O3. The number of hydrogen-bond acceptors (Lipinski definition) is 3. The average molecular weight is 188 g/mol. The van der Waals surface area contributed by atoms with E-state index in [1.807, 2.05) is 13.8 Å². The molecule has 0 saturated carbocycles. The summed E-state index contributed by atoms with van der Waals surface area (Å²) >= 11 is 0. The molecule has 3 nitrogen and oxygen atoms in total. The first-order valence-corrected chi connectivity index (χ1v) is 4.92. The van der Waals surface area contributed by atoms with Crippen molar-refractivity contribution in [2.45, 2.75) is 46.1 Å². The summed E-state index contributed by atoms with van der Waals surface area (Å²) in [7, 11) is 0. The molecule has 0 spiro atoms. The molecule has 0 amide bonds. The van der Waals surface area contributed by atoms with E-state index in [-0.39, 0.29) is 18.0 Å². The van der Waals surface area contributed by atoms with Crippen LogP contribution in [0.3, 0.4) is 0 Å². The summed E-state index contributed by atoms with van der Waals surface area (Å²) in [6.07, 6.45) is 1.87. The van der Waals surface area contributed by atoms with E-state index in [0.717, 1.165) is 6.42 Å². The minimum Gasteiger partial charge on any atom is -0.465 e. The molecule has 0 fully saturated rings. The number of aliphatic hydroxyl groups is 1. The molecule has 0 aromatic rings. The van der Waals surface area contributed by atoms with E-state index in [1.165, 1.54) is 0 Å². The van der Waals surface area contributed by atoms with Crippen LogP contribution < -0.4 is 0 Å². The maximum absolute atomic E-state index is 11.2. The van der Waals surface area contributed by atoms with Gasteiger partial charge in [0, 0.05) is 0 Å². The zero-order valence-electron chi connectivity index (χ0n) is 8.75. The van der Waals surface area contributed by atoms with Crippen molar-refractivity contribution in [3.8, 4) is 0 Å². The summed E-state index contributed by atoms with van der Waals surface area (Å²) in [5, 5.41) is 9.01. The molecular weight excluding hydrogens is 168 g/mol. The lowest BCUT2D eigenvalue weighted by atomic mass is 10.0. The fourth-order valence-corrected chi connectivity index (χ4v) is 0.954. The van der Waals surface area contributed by atoms with Crippen molar-refractivity contribution < 1.29 is 14.6 Å². The first-order chi connectivity index (χ1) is 6.07. The largest absolute Gasteiger partial charge is 0.465 e. The molecule has 0 rings (SSSR count). The quantitative estimate of drug-likeness (QED) is 0.646. The van der Waals surface area contributed by atoms with Gasteiger partial charge in [-0.3, -0.25) is 4.79 Å². The summed E-state index contributed by atoms with van der Waals surface area (Å²) in [6.45, 7) is 6.02. The second-order valence-electron chi connectivity index (χ2n) is 3.49. The summed E-state index contributed by atoms with van der Waals surface area (Å²) in [5.41, 5.74) is 0. The molecule has 13 heavy (non-hydrogen) atoms. The number of hydrogen-bond donors (Lipinski definition) is 1. The highest BCUT2D eigenvalue weighted by atomic mass is 16.5. The van der Waals surface area contributed by atoms with Crippen LogP contribution in [0.5, 0.6) is 0 Å². The third-order valence-corrected chi connectivity index (χ3v) is 1.87. The Kier molecular flexibility index (Phi) is 6.59. The van der Waals surface area contributed by atoms with Gasteiger partial charge in [-0.05, 0) is 26.2 Å². The summed E-state index contributed by atoms with van der Waals surface area (Å²) in [6, 6.07) is 0. The summed E-state index contributed by atoms with van der Waals surface area (Å²) < 4.78 is 4.96. The van der Waals surface area contributed by atoms with Crippen LogP contribution in [0.1, 0.15) is 40.0 Å². The van der Waals surface area contributed by atoms with Crippen LogP contribution in [-0.4, -0.2) is 23.8 Å². The molecule has 3 heteroatoms. The van der Waals surface area contributed by atoms with Crippen molar-refractivity contribution in [2.24, 2.45) is 5.92 Å². The topological polar surface area (TPSA) is 46.5 Å². The molecule has 0 saturated heterocycles. The molecule has 2 atom stereocenters. The number of carbonyl (C=O) groups is 1. The van der Waals surface area contributed by atoms with E-state index in [2.05, 4.69) is 0 Å². The predicted molar refractivity (Wildman–Crippen MR) is 51.3 cm³/mol. The Hall–Kier alpha value is -0.570. The van der Waals surface area contributed by atoms with E-state index in [1.54, 1.807) is 6.92 Å². The minimum atomic E-state index is -0.332. The second kappa shape index (κ2) is 6.89. The van der Waals surface area contributed by atoms with Gasteiger partial charge in [-0.2, -0.15) is 0 Å². The Bertz CT molecular complexity index is 143. The molecule has 0 bridgehead atoms. The predicted octanol–water partition coefficient (Wildman–Crippen LogP) is 1.74. The van der Waals surface area contributed by atoms with Crippen molar-refractivity contribution in [1.29, 1.82) is 0 Å². The van der Waals surface area contributed by atoms with Gasteiger partial charge >= 0.3 is 5.97 Å². The molecule has 78 valence electrons. The molecule has 0 aromatic heterocycles. The number of carbonyl (C=O) groups excluding carboxylic acids is 1. The summed E-state index contributed by atoms with van der Waals surface area (Å²) in [5.74, 6) is -0.247. The first kappa shape index (κ1) is 12.4. The fraction of sp³-hybridized carbons (Fsp3) is 0.900. The van der Waals surface area contributed by atoms with E-state index in [0.29, 0.717) is 19.4 Å². The lowest BCUT2D eigenvalue weighted by Crippen LogP contribution is -2.16. The Morgan fingerprint density at radius 3 is 2.46 bits per heavy atom. The molecule has 0 aromatic carbocycles. The van der Waals surface area contributed by atoms with Gasteiger partial charge in [0.15, 0.2) is 0 Å². The third-order valence-electron chi connectivity index (χ3n) is 1.87. The van der Waals surface area contributed by atoms with Crippen LogP contribution in [0.15, 0.2) is 0 Å². The fourth-order valence-electron chi connectivity index (χ4n) is 0.954. The van der Waals surface area contributed by atoms with E-state index >= 15 is 0 Å². The van der Waals surface area contributed by atoms with Gasteiger partial charge in [-0.1, -0.05) is 13.8 Å². The van der Waals surface area contributed by atoms with Crippen LogP contribution in [0, 0.1) is 5.92 Å². The van der Waals surface area contributed by atoms with E-state index in [9.17, 15) is 4.79 Å². The monoisotopic (exact) mass is 188 g/mol. The third kappa shape index (κ3) is 6.58. The molecule has 0 radical (unpaired) electrons. The van der Waals surface area contributed by atoms with Crippen LogP contribution in [0.4, 0.5) is 0 Å². The lowest BCUT2D eigenvalue weighted by molar-refractivity contribution is -0.148. The van der Waals surface area contributed by atoms with Crippen LogP contribution in [0.2, 0.25) is 0 Å². The van der Waals surface area contributed by atoms with Crippen molar-refractivity contribution in [3.05, 3.63) is 0 Å². The highest BCUT2D eigenvalue weighted by molar-refractivity contribution is 5.71. The van der Waals surface area contributed by atoms with Gasteiger partial charge in [-0.15, -0.1) is 0 Å². The van der Waals surface area contributed by atoms with Crippen molar-refractivity contribution in [1.82, 2.24) is 0 Å². The van der Waals surface area contributed by atoms with Gasteiger partial charge in [0.1, 0.15) is 0 Å². The van der Waals surface area contributed by atoms with Gasteiger partial charge in [0.25, 0.3) is 0 Å². The molecule has 0 aliphatic carbocycles. The number of aliphatic hydroxyl groups excluding tert-OH is 1. The second-order valence-corrected chi connectivity index (χ2v) is 3.49. The zero-order valence-corrected chi connectivity index (χ0v) is 8.75.